The highest BCUT2D eigenvalue weighted by atomic mass is 32.2. The first kappa shape index (κ1) is 30.5. The lowest BCUT2D eigenvalue weighted by Gasteiger charge is -2.12. The summed E-state index contributed by atoms with van der Waals surface area (Å²) < 4.78 is 13.2. The predicted molar refractivity (Wildman–Crippen MR) is 182 cm³/mol. The van der Waals surface area contributed by atoms with Crippen LogP contribution in [-0.2, 0) is 9.59 Å². The molecule has 4 N–H and O–H groups in total. The Morgan fingerprint density at radius 3 is 2.39 bits per heavy atom. The van der Waals surface area contributed by atoms with Crippen molar-refractivity contribution in [2.24, 2.45) is 0 Å². The fourth-order valence-electron chi connectivity index (χ4n) is 4.53. The number of amides is 3. The highest BCUT2D eigenvalue weighted by Gasteiger charge is 2.16. The lowest BCUT2D eigenvalue weighted by Crippen LogP contribution is -2.30. The van der Waals surface area contributed by atoms with Crippen molar-refractivity contribution in [2.75, 3.05) is 16.4 Å². The molecule has 46 heavy (non-hydrogen) atoms. The van der Waals surface area contributed by atoms with Gasteiger partial charge < -0.3 is 20.9 Å². The molecule has 228 valence electrons. The molecule has 0 aliphatic carbocycles. The van der Waals surface area contributed by atoms with Gasteiger partial charge in [-0.25, -0.2) is 9.37 Å². The number of nitrogens with one attached hydrogen (secondary N) is 4. The summed E-state index contributed by atoms with van der Waals surface area (Å²) in [6.45, 7) is 0. The number of carbonyl (C=O) groups excluding carboxylic acids is 3. The van der Waals surface area contributed by atoms with Gasteiger partial charge in [0.15, 0.2) is 5.13 Å². The van der Waals surface area contributed by atoms with Gasteiger partial charge in [0.1, 0.15) is 11.5 Å². The van der Waals surface area contributed by atoms with Gasteiger partial charge in [0.05, 0.1) is 11.4 Å². The molecule has 0 aliphatic rings. The monoisotopic (exact) mass is 647 g/mol. The van der Waals surface area contributed by atoms with E-state index in [9.17, 15) is 18.8 Å². The van der Waals surface area contributed by atoms with Crippen LogP contribution in [0.4, 0.5) is 15.2 Å². The van der Waals surface area contributed by atoms with Gasteiger partial charge in [0.25, 0.3) is 11.8 Å². The second-order valence-corrected chi connectivity index (χ2v) is 11.9. The highest BCUT2D eigenvalue weighted by molar-refractivity contribution is 8.00. The number of thiazole rings is 1. The molecule has 0 atom stereocenters. The molecule has 0 saturated carbocycles. The Bertz CT molecular complexity index is 2040. The number of benzene rings is 4. The Morgan fingerprint density at radius 2 is 1.61 bits per heavy atom. The number of para-hydroxylation sites is 1. The van der Waals surface area contributed by atoms with E-state index in [1.807, 2.05) is 30.3 Å². The minimum atomic E-state index is -0.488. The molecule has 2 aromatic heterocycles. The van der Waals surface area contributed by atoms with Crippen molar-refractivity contribution in [1.29, 1.82) is 0 Å². The molecule has 2 heterocycles. The van der Waals surface area contributed by atoms with Gasteiger partial charge >= 0.3 is 0 Å². The maximum atomic E-state index is 13.4. The number of halogens is 1. The maximum absolute atomic E-state index is 13.4. The summed E-state index contributed by atoms with van der Waals surface area (Å²) in [7, 11) is 0. The van der Waals surface area contributed by atoms with Crippen LogP contribution in [-0.4, -0.2) is 33.4 Å². The highest BCUT2D eigenvalue weighted by Crippen LogP contribution is 2.26. The van der Waals surface area contributed by atoms with Crippen molar-refractivity contribution in [1.82, 2.24) is 15.3 Å². The van der Waals surface area contributed by atoms with Gasteiger partial charge in [-0.05, 0) is 72.8 Å². The van der Waals surface area contributed by atoms with E-state index in [1.54, 1.807) is 78.3 Å². The fraction of sp³-hybridized carbons (Fsp3) is 0.0286. The van der Waals surface area contributed by atoms with Crippen LogP contribution < -0.4 is 16.0 Å². The topological polar surface area (TPSA) is 116 Å². The number of hydrogen-bond donors (Lipinski definition) is 4. The van der Waals surface area contributed by atoms with Crippen molar-refractivity contribution in [3.05, 3.63) is 137 Å². The summed E-state index contributed by atoms with van der Waals surface area (Å²) in [5, 5.41) is 11.6. The van der Waals surface area contributed by atoms with E-state index >= 15 is 0 Å². The number of thioether (sulfide) groups is 1. The predicted octanol–water partition coefficient (Wildman–Crippen LogP) is 7.57. The van der Waals surface area contributed by atoms with E-state index in [4.69, 9.17) is 0 Å². The lowest BCUT2D eigenvalue weighted by atomic mass is 10.1. The Balaban J connectivity index is 1.08. The minimum absolute atomic E-state index is 0.0819. The number of hydrogen-bond acceptors (Lipinski definition) is 6. The molecule has 6 rings (SSSR count). The van der Waals surface area contributed by atoms with Crippen LogP contribution in [0.1, 0.15) is 15.9 Å². The molecular weight excluding hydrogens is 622 g/mol. The van der Waals surface area contributed by atoms with Crippen LogP contribution >= 0.6 is 23.1 Å². The molecular formula is C35H26FN5O3S2. The molecule has 0 saturated heterocycles. The lowest BCUT2D eigenvalue weighted by molar-refractivity contribution is -0.114. The first-order valence-electron chi connectivity index (χ1n) is 14.1. The van der Waals surface area contributed by atoms with E-state index in [0.717, 1.165) is 26.9 Å². The molecule has 0 spiro atoms. The van der Waals surface area contributed by atoms with Crippen LogP contribution in [0.2, 0.25) is 0 Å². The molecule has 0 radical (unpaired) electrons. The largest absolute Gasteiger partial charge is 0.361 e. The van der Waals surface area contributed by atoms with Crippen LogP contribution in [0, 0.1) is 5.82 Å². The Kier molecular flexibility index (Phi) is 9.32. The summed E-state index contributed by atoms with van der Waals surface area (Å²) >= 11 is 2.63. The second-order valence-electron chi connectivity index (χ2n) is 10.0. The van der Waals surface area contributed by atoms with Gasteiger partial charge in [-0.3, -0.25) is 14.4 Å². The third-order valence-corrected chi connectivity index (χ3v) is 8.59. The average Bonchev–Trinajstić information content (AvgIpc) is 3.72. The number of anilines is 2. The Labute approximate surface area is 271 Å². The van der Waals surface area contributed by atoms with Gasteiger partial charge in [-0.15, -0.1) is 23.1 Å². The molecule has 3 amide bonds. The molecule has 11 heteroatoms. The summed E-state index contributed by atoms with van der Waals surface area (Å²) in [5.41, 5.74) is 4.11. The van der Waals surface area contributed by atoms with Crippen molar-refractivity contribution >= 4 is 68.6 Å². The second kappa shape index (κ2) is 14.1. The van der Waals surface area contributed by atoms with Crippen molar-refractivity contribution in [2.45, 2.75) is 4.90 Å². The third kappa shape index (κ3) is 7.57. The fourth-order valence-corrected chi connectivity index (χ4v) is 5.97. The molecule has 6 aromatic rings. The smallest absolute Gasteiger partial charge is 0.272 e. The summed E-state index contributed by atoms with van der Waals surface area (Å²) in [6.07, 6.45) is 3.43. The Morgan fingerprint density at radius 1 is 0.870 bits per heavy atom. The molecule has 0 fully saturated rings. The summed E-state index contributed by atoms with van der Waals surface area (Å²) in [4.78, 5) is 47.4. The van der Waals surface area contributed by atoms with Gasteiger partial charge in [-0.2, -0.15) is 0 Å². The van der Waals surface area contributed by atoms with Crippen LogP contribution in [0.15, 0.2) is 125 Å². The van der Waals surface area contributed by atoms with Crippen molar-refractivity contribution in [3.8, 4) is 11.3 Å². The minimum Gasteiger partial charge on any atom is -0.361 e. The SMILES string of the molecule is O=C(CSc1ccc(NC(=O)/C(=C\c2c[nH]c3ccccc23)NC(=O)c2ccccc2)cc1)Nc1nc(-c2ccc(F)cc2)cs1. The average molecular weight is 648 g/mol. The zero-order valence-electron chi connectivity index (χ0n) is 24.1. The van der Waals surface area contributed by atoms with E-state index < -0.39 is 11.8 Å². The molecule has 0 aliphatic heterocycles. The zero-order chi connectivity index (χ0) is 31.9. The first-order valence-corrected chi connectivity index (χ1v) is 16.0. The number of rotatable bonds is 10. The number of fused-ring (bicyclic) bond motifs is 1. The maximum Gasteiger partial charge on any atom is 0.272 e. The normalized spacial score (nSPS) is 11.3. The molecule has 8 nitrogen and oxygen atoms in total. The number of carbonyl (C=O) groups is 3. The van der Waals surface area contributed by atoms with Crippen molar-refractivity contribution < 1.29 is 18.8 Å². The van der Waals surface area contributed by atoms with Gasteiger partial charge in [0, 0.05) is 49.8 Å². The van der Waals surface area contributed by atoms with Crippen molar-refractivity contribution in [3.63, 3.8) is 0 Å². The molecule has 0 unspecified atom stereocenters. The van der Waals surface area contributed by atoms with Crippen LogP contribution in [0.25, 0.3) is 28.2 Å². The first-order chi connectivity index (χ1) is 22.4. The van der Waals surface area contributed by atoms with Crippen LogP contribution in [0.3, 0.4) is 0 Å². The van der Waals surface area contributed by atoms with Crippen LogP contribution in [0.5, 0.6) is 0 Å². The molecule has 4 aromatic carbocycles. The summed E-state index contributed by atoms with van der Waals surface area (Å²) in [6, 6.07) is 29.4. The Hall–Kier alpha value is -5.52. The standard InChI is InChI=1S/C35H26FN5O3S2/c36-25-12-10-22(11-13-25)31-20-46-35(40-31)41-32(42)21-45-27-16-14-26(15-17-27)38-34(44)30(39-33(43)23-6-2-1-3-7-23)18-24-19-37-29-9-5-4-8-28(24)29/h1-20,37H,21H2,(H,38,44)(H,39,43)(H,40,41,42)/b30-18+. The number of aromatic amines is 1. The number of H-pyrrole nitrogens is 1. The molecule has 0 bridgehead atoms. The number of aromatic nitrogens is 2. The quantitative estimate of drug-likeness (QED) is 0.0904. The number of nitrogens with zero attached hydrogens (tertiary/aromatic N) is 1. The van der Waals surface area contributed by atoms with Gasteiger partial charge in [-0.1, -0.05) is 36.4 Å². The summed E-state index contributed by atoms with van der Waals surface area (Å²) in [5.74, 6) is -1.28. The van der Waals surface area contributed by atoms with E-state index in [-0.39, 0.29) is 23.2 Å². The van der Waals surface area contributed by atoms with E-state index in [2.05, 4.69) is 25.9 Å². The zero-order valence-corrected chi connectivity index (χ0v) is 25.8. The third-order valence-electron chi connectivity index (χ3n) is 6.82. The van der Waals surface area contributed by atoms with Gasteiger partial charge in [0.2, 0.25) is 5.91 Å². The van der Waals surface area contributed by atoms with E-state index in [1.165, 1.54) is 35.2 Å². The van der Waals surface area contributed by atoms with E-state index in [0.29, 0.717) is 22.1 Å².